The predicted octanol–water partition coefficient (Wildman–Crippen LogP) is 2.83. The van der Waals surface area contributed by atoms with Gasteiger partial charge in [0.2, 0.25) is 0 Å². The van der Waals surface area contributed by atoms with Crippen molar-refractivity contribution in [2.75, 3.05) is 11.9 Å². The molecule has 0 spiro atoms. The summed E-state index contributed by atoms with van der Waals surface area (Å²) in [7, 11) is 0. The Morgan fingerprint density at radius 2 is 2.00 bits per heavy atom. The van der Waals surface area contributed by atoms with Crippen molar-refractivity contribution in [2.45, 2.75) is 26.9 Å². The second kappa shape index (κ2) is 6.35. The molecule has 3 nitrogen and oxygen atoms in total. The minimum absolute atomic E-state index is 0.178. The molecule has 1 atom stereocenters. The van der Waals surface area contributed by atoms with Crippen LogP contribution in [-0.4, -0.2) is 18.6 Å². The molecule has 1 rings (SSSR count). The van der Waals surface area contributed by atoms with Crippen LogP contribution in [0.4, 0.5) is 10.1 Å². The van der Waals surface area contributed by atoms with Gasteiger partial charge in [-0.15, -0.1) is 0 Å². The van der Waals surface area contributed by atoms with Crippen LogP contribution >= 0.6 is 0 Å². The highest BCUT2D eigenvalue weighted by molar-refractivity contribution is 5.93. The third-order valence-electron chi connectivity index (χ3n) is 2.18. The van der Waals surface area contributed by atoms with Gasteiger partial charge in [0.05, 0.1) is 5.69 Å². The predicted molar refractivity (Wildman–Crippen MR) is 65.3 cm³/mol. The number of ether oxygens (including phenoxy) is 1. The van der Waals surface area contributed by atoms with E-state index in [2.05, 4.69) is 5.32 Å². The molecular formula is C13H18FNO2. The summed E-state index contributed by atoms with van der Waals surface area (Å²) in [5, 5.41) is 2.49. The number of benzene rings is 1. The molecule has 0 aliphatic carbocycles. The molecular weight excluding hydrogens is 221 g/mol. The van der Waals surface area contributed by atoms with Gasteiger partial charge in [-0.3, -0.25) is 4.79 Å². The molecule has 0 fully saturated rings. The summed E-state index contributed by atoms with van der Waals surface area (Å²) in [5.74, 6) is -0.425. The number of hydrogen-bond donors (Lipinski definition) is 1. The van der Waals surface area contributed by atoms with Crippen molar-refractivity contribution in [3.05, 3.63) is 30.1 Å². The molecule has 94 valence electrons. The Labute approximate surface area is 101 Å². The van der Waals surface area contributed by atoms with Crippen LogP contribution in [0.1, 0.15) is 20.8 Å². The number of hydrogen-bond acceptors (Lipinski definition) is 2. The summed E-state index contributed by atoms with van der Waals surface area (Å²) < 4.78 is 18.6. The number of carbonyl (C=O) groups is 1. The highest BCUT2D eigenvalue weighted by atomic mass is 19.1. The van der Waals surface area contributed by atoms with Crippen LogP contribution < -0.4 is 5.32 Å². The van der Waals surface area contributed by atoms with Gasteiger partial charge in [0.1, 0.15) is 11.9 Å². The SMILES string of the molecule is CC(C)CO[C@@H](C)C(=O)Nc1ccccc1F. The summed E-state index contributed by atoms with van der Waals surface area (Å²) in [6.45, 7) is 6.16. The van der Waals surface area contributed by atoms with Crippen molar-refractivity contribution in [3.63, 3.8) is 0 Å². The molecule has 0 aliphatic rings. The van der Waals surface area contributed by atoms with E-state index in [9.17, 15) is 9.18 Å². The normalized spacial score (nSPS) is 12.5. The van der Waals surface area contributed by atoms with Gasteiger partial charge in [-0.05, 0) is 25.0 Å². The highest BCUT2D eigenvalue weighted by Crippen LogP contribution is 2.13. The number of rotatable bonds is 5. The molecule has 0 bridgehead atoms. The molecule has 4 heteroatoms. The van der Waals surface area contributed by atoms with Crippen LogP contribution in [0.25, 0.3) is 0 Å². The van der Waals surface area contributed by atoms with Gasteiger partial charge in [-0.25, -0.2) is 4.39 Å². The largest absolute Gasteiger partial charge is 0.368 e. The van der Waals surface area contributed by atoms with Crippen molar-refractivity contribution in [3.8, 4) is 0 Å². The minimum Gasteiger partial charge on any atom is -0.368 e. The molecule has 0 saturated heterocycles. The number of halogens is 1. The van der Waals surface area contributed by atoms with E-state index in [1.165, 1.54) is 12.1 Å². The third-order valence-corrected chi connectivity index (χ3v) is 2.18. The standard InChI is InChI=1S/C13H18FNO2/c1-9(2)8-17-10(3)13(16)15-12-7-5-4-6-11(12)14/h4-7,9-10H,8H2,1-3H3,(H,15,16)/t10-/m0/s1. The molecule has 0 saturated carbocycles. The van der Waals surface area contributed by atoms with E-state index in [1.54, 1.807) is 19.1 Å². The molecule has 0 unspecified atom stereocenters. The van der Waals surface area contributed by atoms with E-state index in [0.717, 1.165) is 0 Å². The fourth-order valence-electron chi connectivity index (χ4n) is 1.21. The average molecular weight is 239 g/mol. The van der Waals surface area contributed by atoms with Gasteiger partial charge in [0, 0.05) is 6.61 Å². The number of para-hydroxylation sites is 1. The maximum Gasteiger partial charge on any atom is 0.253 e. The summed E-state index contributed by atoms with van der Waals surface area (Å²) in [6.07, 6.45) is -0.586. The van der Waals surface area contributed by atoms with E-state index in [0.29, 0.717) is 12.5 Å². The van der Waals surface area contributed by atoms with Crippen LogP contribution in [0.3, 0.4) is 0 Å². The van der Waals surface area contributed by atoms with Crippen molar-refractivity contribution in [1.29, 1.82) is 0 Å². The number of carbonyl (C=O) groups excluding carboxylic acids is 1. The fourth-order valence-corrected chi connectivity index (χ4v) is 1.21. The van der Waals surface area contributed by atoms with Crippen LogP contribution in [0.2, 0.25) is 0 Å². The van der Waals surface area contributed by atoms with Gasteiger partial charge in [-0.1, -0.05) is 26.0 Å². The van der Waals surface area contributed by atoms with Crippen LogP contribution in [0, 0.1) is 11.7 Å². The van der Waals surface area contributed by atoms with Crippen molar-refractivity contribution < 1.29 is 13.9 Å². The van der Waals surface area contributed by atoms with E-state index < -0.39 is 11.9 Å². The zero-order valence-corrected chi connectivity index (χ0v) is 10.4. The van der Waals surface area contributed by atoms with Crippen LogP contribution in [-0.2, 0) is 9.53 Å². The molecule has 1 aromatic rings. The second-order valence-corrected chi connectivity index (χ2v) is 4.34. The second-order valence-electron chi connectivity index (χ2n) is 4.34. The average Bonchev–Trinajstić information content (AvgIpc) is 2.28. The first kappa shape index (κ1) is 13.6. The lowest BCUT2D eigenvalue weighted by Gasteiger charge is -2.15. The zero-order chi connectivity index (χ0) is 12.8. The smallest absolute Gasteiger partial charge is 0.253 e. The molecule has 0 heterocycles. The lowest BCUT2D eigenvalue weighted by Crippen LogP contribution is -2.29. The lowest BCUT2D eigenvalue weighted by atomic mass is 10.2. The van der Waals surface area contributed by atoms with Crippen molar-refractivity contribution in [1.82, 2.24) is 0 Å². The summed E-state index contributed by atoms with van der Waals surface area (Å²) in [6, 6.07) is 6.06. The molecule has 1 amide bonds. The molecule has 0 aromatic heterocycles. The molecule has 1 N–H and O–H groups in total. The first-order valence-corrected chi connectivity index (χ1v) is 5.67. The molecule has 0 aliphatic heterocycles. The molecule has 0 radical (unpaired) electrons. The summed E-state index contributed by atoms with van der Waals surface area (Å²) in [5.41, 5.74) is 0.178. The topological polar surface area (TPSA) is 38.3 Å². The van der Waals surface area contributed by atoms with Gasteiger partial charge in [-0.2, -0.15) is 0 Å². The third kappa shape index (κ3) is 4.53. The lowest BCUT2D eigenvalue weighted by molar-refractivity contribution is -0.126. The Kier molecular flexibility index (Phi) is 5.10. The van der Waals surface area contributed by atoms with Gasteiger partial charge in [0.25, 0.3) is 5.91 Å². The van der Waals surface area contributed by atoms with Crippen molar-refractivity contribution in [2.24, 2.45) is 5.92 Å². The Bertz CT molecular complexity index is 379. The Morgan fingerprint density at radius 3 is 2.59 bits per heavy atom. The van der Waals surface area contributed by atoms with Crippen LogP contribution in [0.15, 0.2) is 24.3 Å². The first-order valence-electron chi connectivity index (χ1n) is 5.67. The number of anilines is 1. The molecule has 1 aromatic carbocycles. The maximum absolute atomic E-state index is 13.3. The van der Waals surface area contributed by atoms with E-state index in [1.807, 2.05) is 13.8 Å². The van der Waals surface area contributed by atoms with Gasteiger partial charge < -0.3 is 10.1 Å². The van der Waals surface area contributed by atoms with Gasteiger partial charge >= 0.3 is 0 Å². The summed E-state index contributed by atoms with van der Waals surface area (Å²) in [4.78, 5) is 11.7. The number of amides is 1. The first-order chi connectivity index (χ1) is 8.00. The Morgan fingerprint density at radius 1 is 1.35 bits per heavy atom. The monoisotopic (exact) mass is 239 g/mol. The van der Waals surface area contributed by atoms with E-state index >= 15 is 0 Å². The zero-order valence-electron chi connectivity index (χ0n) is 10.4. The Hall–Kier alpha value is -1.42. The maximum atomic E-state index is 13.3. The van der Waals surface area contributed by atoms with Gasteiger partial charge in [0.15, 0.2) is 0 Å². The highest BCUT2D eigenvalue weighted by Gasteiger charge is 2.15. The summed E-state index contributed by atoms with van der Waals surface area (Å²) >= 11 is 0. The minimum atomic E-state index is -0.586. The quantitative estimate of drug-likeness (QED) is 0.858. The fraction of sp³-hybridized carbons (Fsp3) is 0.462. The van der Waals surface area contributed by atoms with E-state index in [-0.39, 0.29) is 11.6 Å². The molecule has 17 heavy (non-hydrogen) atoms. The van der Waals surface area contributed by atoms with Crippen LogP contribution in [0.5, 0.6) is 0 Å². The van der Waals surface area contributed by atoms with E-state index in [4.69, 9.17) is 4.74 Å². The number of nitrogens with one attached hydrogen (secondary N) is 1. The Balaban J connectivity index is 2.52. The van der Waals surface area contributed by atoms with Crippen molar-refractivity contribution >= 4 is 11.6 Å².